The van der Waals surface area contributed by atoms with E-state index in [1.165, 1.54) is 12.1 Å². The van der Waals surface area contributed by atoms with E-state index in [4.69, 9.17) is 16.3 Å². The monoisotopic (exact) mass is 282 g/mol. The SMILES string of the molecule is CCOc1ccc(C(=O)CCl)c(OC(F)(F)F)c1. The standard InChI is InChI=1S/C11H10ClF3O3/c1-2-17-7-3-4-8(9(16)6-12)10(5-7)18-11(13,14)15/h3-5H,2,6H2,1H3. The molecule has 0 aliphatic rings. The maximum atomic E-state index is 12.2. The fraction of sp³-hybridized carbons (Fsp3) is 0.364. The Morgan fingerprint density at radius 3 is 2.56 bits per heavy atom. The van der Waals surface area contributed by atoms with Gasteiger partial charge >= 0.3 is 6.36 Å². The van der Waals surface area contributed by atoms with Crippen molar-refractivity contribution >= 4 is 17.4 Å². The van der Waals surface area contributed by atoms with E-state index in [1.54, 1.807) is 6.92 Å². The molecule has 0 unspecified atom stereocenters. The molecule has 7 heteroatoms. The van der Waals surface area contributed by atoms with Crippen molar-refractivity contribution in [3.8, 4) is 11.5 Å². The molecule has 0 amide bonds. The van der Waals surface area contributed by atoms with Gasteiger partial charge in [-0.05, 0) is 19.1 Å². The summed E-state index contributed by atoms with van der Waals surface area (Å²) < 4.78 is 45.4. The lowest BCUT2D eigenvalue weighted by molar-refractivity contribution is -0.274. The number of carbonyl (C=O) groups excluding carboxylic acids is 1. The van der Waals surface area contributed by atoms with Crippen LogP contribution in [0.25, 0.3) is 0 Å². The van der Waals surface area contributed by atoms with Crippen molar-refractivity contribution in [3.63, 3.8) is 0 Å². The summed E-state index contributed by atoms with van der Waals surface area (Å²) >= 11 is 5.31. The highest BCUT2D eigenvalue weighted by Crippen LogP contribution is 2.30. The number of Topliss-reactive ketones (excluding diaryl/α,β-unsaturated/α-hetero) is 1. The molecule has 0 radical (unpaired) electrons. The first-order valence-corrected chi connectivity index (χ1v) is 5.52. The van der Waals surface area contributed by atoms with Crippen LogP contribution in [0.4, 0.5) is 13.2 Å². The fourth-order valence-electron chi connectivity index (χ4n) is 1.27. The van der Waals surface area contributed by atoms with Gasteiger partial charge in [0.15, 0.2) is 5.78 Å². The van der Waals surface area contributed by atoms with Crippen LogP contribution < -0.4 is 9.47 Å². The van der Waals surface area contributed by atoms with Gasteiger partial charge in [-0.3, -0.25) is 4.79 Å². The van der Waals surface area contributed by atoms with Crippen molar-refractivity contribution < 1.29 is 27.4 Å². The van der Waals surface area contributed by atoms with Crippen LogP contribution in [0.1, 0.15) is 17.3 Å². The molecule has 0 aromatic heterocycles. The first kappa shape index (κ1) is 14.6. The van der Waals surface area contributed by atoms with Crippen LogP contribution in [0.5, 0.6) is 11.5 Å². The minimum atomic E-state index is -4.88. The summed E-state index contributed by atoms with van der Waals surface area (Å²) in [6, 6.07) is 3.58. The summed E-state index contributed by atoms with van der Waals surface area (Å²) in [4.78, 5) is 11.4. The zero-order valence-corrected chi connectivity index (χ0v) is 10.1. The molecule has 0 atom stereocenters. The van der Waals surface area contributed by atoms with E-state index in [-0.39, 0.29) is 17.9 Å². The van der Waals surface area contributed by atoms with Gasteiger partial charge in [0.05, 0.1) is 18.1 Å². The van der Waals surface area contributed by atoms with Crippen LogP contribution in [0.3, 0.4) is 0 Å². The average Bonchev–Trinajstić information content (AvgIpc) is 2.27. The molecule has 1 aromatic rings. The largest absolute Gasteiger partial charge is 0.573 e. The highest BCUT2D eigenvalue weighted by molar-refractivity contribution is 6.30. The van der Waals surface area contributed by atoms with Gasteiger partial charge in [-0.1, -0.05) is 0 Å². The van der Waals surface area contributed by atoms with Crippen molar-refractivity contribution in [2.75, 3.05) is 12.5 Å². The normalized spacial score (nSPS) is 11.2. The van der Waals surface area contributed by atoms with Crippen molar-refractivity contribution in [1.29, 1.82) is 0 Å². The summed E-state index contributed by atoms with van der Waals surface area (Å²) in [7, 11) is 0. The van der Waals surface area contributed by atoms with E-state index in [1.807, 2.05) is 0 Å². The number of ketones is 1. The predicted molar refractivity (Wildman–Crippen MR) is 59.3 cm³/mol. The van der Waals surface area contributed by atoms with Gasteiger partial charge < -0.3 is 9.47 Å². The van der Waals surface area contributed by atoms with Gasteiger partial charge in [-0.2, -0.15) is 0 Å². The van der Waals surface area contributed by atoms with Crippen molar-refractivity contribution in [3.05, 3.63) is 23.8 Å². The number of alkyl halides is 4. The Hall–Kier alpha value is -1.43. The van der Waals surface area contributed by atoms with Crippen LogP contribution in [-0.4, -0.2) is 24.6 Å². The lowest BCUT2D eigenvalue weighted by atomic mass is 10.1. The van der Waals surface area contributed by atoms with Crippen LogP contribution >= 0.6 is 11.6 Å². The number of rotatable bonds is 5. The van der Waals surface area contributed by atoms with E-state index in [0.29, 0.717) is 0 Å². The Bertz CT molecular complexity index is 432. The van der Waals surface area contributed by atoms with Gasteiger partial charge in [-0.25, -0.2) is 0 Å². The molecule has 0 spiro atoms. The topological polar surface area (TPSA) is 35.5 Å². The van der Waals surface area contributed by atoms with Crippen LogP contribution in [0.15, 0.2) is 18.2 Å². The van der Waals surface area contributed by atoms with Crippen molar-refractivity contribution in [1.82, 2.24) is 0 Å². The number of ether oxygens (including phenoxy) is 2. The van der Waals surface area contributed by atoms with Crippen LogP contribution in [0.2, 0.25) is 0 Å². The maximum Gasteiger partial charge on any atom is 0.573 e. The summed E-state index contributed by atoms with van der Waals surface area (Å²) in [5.41, 5.74) is -0.231. The van der Waals surface area contributed by atoms with E-state index < -0.39 is 23.8 Å². The third-order valence-electron chi connectivity index (χ3n) is 1.91. The molecule has 0 aliphatic carbocycles. The molecule has 1 rings (SSSR count). The van der Waals surface area contributed by atoms with E-state index in [0.717, 1.165) is 6.07 Å². The highest BCUT2D eigenvalue weighted by atomic mass is 35.5. The van der Waals surface area contributed by atoms with Crippen molar-refractivity contribution in [2.24, 2.45) is 0 Å². The van der Waals surface area contributed by atoms with Gasteiger partial charge in [0.2, 0.25) is 0 Å². The second-order valence-electron chi connectivity index (χ2n) is 3.20. The number of hydrogen-bond acceptors (Lipinski definition) is 3. The Morgan fingerprint density at radius 1 is 1.39 bits per heavy atom. The maximum absolute atomic E-state index is 12.2. The minimum Gasteiger partial charge on any atom is -0.494 e. The average molecular weight is 283 g/mol. The molecule has 0 bridgehead atoms. The fourth-order valence-corrected chi connectivity index (χ4v) is 1.41. The predicted octanol–water partition coefficient (Wildman–Crippen LogP) is 3.41. The van der Waals surface area contributed by atoms with E-state index in [9.17, 15) is 18.0 Å². The van der Waals surface area contributed by atoms with Crippen LogP contribution in [-0.2, 0) is 0 Å². The smallest absolute Gasteiger partial charge is 0.494 e. The van der Waals surface area contributed by atoms with Crippen LogP contribution in [0, 0.1) is 0 Å². The van der Waals surface area contributed by atoms with E-state index >= 15 is 0 Å². The second kappa shape index (κ2) is 5.95. The lowest BCUT2D eigenvalue weighted by Crippen LogP contribution is -2.19. The summed E-state index contributed by atoms with van der Waals surface area (Å²) in [5.74, 6) is -1.51. The molecule has 0 aliphatic heterocycles. The van der Waals surface area contributed by atoms with Gasteiger partial charge in [0.25, 0.3) is 0 Å². The molecule has 100 valence electrons. The summed E-state index contributed by atoms with van der Waals surface area (Å²) in [5, 5.41) is 0. The number of benzene rings is 1. The Morgan fingerprint density at radius 2 is 2.06 bits per heavy atom. The van der Waals surface area contributed by atoms with Crippen molar-refractivity contribution in [2.45, 2.75) is 13.3 Å². The molecule has 0 saturated heterocycles. The number of carbonyl (C=O) groups is 1. The Balaban J connectivity index is 3.13. The number of halogens is 4. The zero-order valence-electron chi connectivity index (χ0n) is 9.38. The lowest BCUT2D eigenvalue weighted by Gasteiger charge is -2.13. The number of hydrogen-bond donors (Lipinski definition) is 0. The third-order valence-corrected chi connectivity index (χ3v) is 2.15. The molecule has 18 heavy (non-hydrogen) atoms. The molecule has 0 saturated carbocycles. The summed E-state index contributed by atoms with van der Waals surface area (Å²) in [6.07, 6.45) is -4.88. The first-order chi connectivity index (χ1) is 8.37. The molecule has 0 fully saturated rings. The Kier molecular flexibility index (Phi) is 4.84. The first-order valence-electron chi connectivity index (χ1n) is 4.99. The van der Waals surface area contributed by atoms with Gasteiger partial charge in [-0.15, -0.1) is 24.8 Å². The molecular weight excluding hydrogens is 273 g/mol. The molecule has 3 nitrogen and oxygen atoms in total. The van der Waals surface area contributed by atoms with Gasteiger partial charge in [0, 0.05) is 6.07 Å². The molecule has 1 aromatic carbocycles. The summed E-state index contributed by atoms with van der Waals surface area (Å²) in [6.45, 7) is 1.97. The highest BCUT2D eigenvalue weighted by Gasteiger charge is 2.33. The van der Waals surface area contributed by atoms with E-state index in [2.05, 4.69) is 4.74 Å². The quantitative estimate of drug-likeness (QED) is 0.613. The minimum absolute atomic E-state index is 0.183. The zero-order chi connectivity index (χ0) is 13.8. The third kappa shape index (κ3) is 4.10. The second-order valence-corrected chi connectivity index (χ2v) is 3.46. The Labute approximate surface area is 106 Å². The molecule has 0 heterocycles. The van der Waals surface area contributed by atoms with Gasteiger partial charge in [0.1, 0.15) is 11.5 Å². The molecular formula is C11H10ClF3O3. The molecule has 0 N–H and O–H groups in total.